The maximum atomic E-state index is 4.36. The fourth-order valence-corrected chi connectivity index (χ4v) is 1.59. The van der Waals surface area contributed by atoms with Gasteiger partial charge in [-0.2, -0.15) is 0 Å². The first-order chi connectivity index (χ1) is 8.35. The van der Waals surface area contributed by atoms with Crippen LogP contribution in [0.2, 0.25) is 0 Å². The molecule has 0 spiro atoms. The second-order valence-corrected chi connectivity index (χ2v) is 3.57. The largest absolute Gasteiger partial charge is 0.341 e. The molecule has 17 heavy (non-hydrogen) atoms. The Bertz CT molecular complexity index is 450. The molecule has 0 aliphatic carbocycles. The highest BCUT2D eigenvalue weighted by molar-refractivity contribution is 5.59. The third-order valence-corrected chi connectivity index (χ3v) is 2.58. The summed E-state index contributed by atoms with van der Waals surface area (Å²) in [7, 11) is 0. The molecule has 88 valence electrons. The topological polar surface area (TPSA) is 54.8 Å². The lowest BCUT2D eigenvalue weighted by Gasteiger charge is -2.17. The zero-order chi connectivity index (χ0) is 12.1. The maximum absolute atomic E-state index is 4.36. The van der Waals surface area contributed by atoms with E-state index in [0.29, 0.717) is 0 Å². The van der Waals surface area contributed by atoms with Gasteiger partial charge in [0.05, 0.1) is 0 Å². The van der Waals surface area contributed by atoms with E-state index < -0.39 is 0 Å². The fraction of sp³-hybridized carbons (Fsp3) is 0.333. The Labute approximate surface area is 101 Å². The van der Waals surface area contributed by atoms with Gasteiger partial charge in [0.25, 0.3) is 0 Å². The second-order valence-electron chi connectivity index (χ2n) is 3.57. The zero-order valence-corrected chi connectivity index (χ0v) is 10.0. The molecule has 0 unspecified atom stereocenters. The monoisotopic (exact) mass is 229 g/mol. The lowest BCUT2D eigenvalue weighted by Crippen LogP contribution is -2.23. The highest BCUT2D eigenvalue weighted by atomic mass is 15.2. The summed E-state index contributed by atoms with van der Waals surface area (Å²) in [4.78, 5) is 18.8. The van der Waals surface area contributed by atoms with Crippen LogP contribution in [-0.4, -0.2) is 33.0 Å². The van der Waals surface area contributed by atoms with Crippen molar-refractivity contribution in [2.45, 2.75) is 13.8 Å². The molecule has 0 aliphatic heterocycles. The van der Waals surface area contributed by atoms with Crippen LogP contribution in [-0.2, 0) is 0 Å². The van der Waals surface area contributed by atoms with Crippen LogP contribution >= 0.6 is 0 Å². The molecule has 2 heterocycles. The third kappa shape index (κ3) is 2.55. The predicted molar refractivity (Wildman–Crippen MR) is 66.6 cm³/mol. The normalized spacial score (nSPS) is 10.2. The average Bonchev–Trinajstić information content (AvgIpc) is 2.42. The Balaban J connectivity index is 2.24. The molecule has 2 aromatic rings. The summed E-state index contributed by atoms with van der Waals surface area (Å²) in [5.41, 5.74) is 1.86. The van der Waals surface area contributed by atoms with Crippen molar-refractivity contribution in [1.82, 2.24) is 19.9 Å². The smallest absolute Gasteiger partial charge is 0.225 e. The Morgan fingerprint density at radius 2 is 1.41 bits per heavy atom. The van der Waals surface area contributed by atoms with Crippen LogP contribution in [0.15, 0.2) is 31.1 Å². The SMILES string of the molecule is CCN(CC)c1ncc(-c2cncnc2)cn1. The van der Waals surface area contributed by atoms with E-state index in [9.17, 15) is 0 Å². The summed E-state index contributed by atoms with van der Waals surface area (Å²) in [6.45, 7) is 5.99. The van der Waals surface area contributed by atoms with Gasteiger partial charge in [0, 0.05) is 49.0 Å². The van der Waals surface area contributed by atoms with Gasteiger partial charge in [0.2, 0.25) is 5.95 Å². The van der Waals surface area contributed by atoms with E-state index in [1.165, 1.54) is 6.33 Å². The van der Waals surface area contributed by atoms with E-state index in [1.807, 2.05) is 0 Å². The molecule has 0 N–H and O–H groups in total. The molecule has 0 atom stereocenters. The molecule has 0 aromatic carbocycles. The molecule has 5 heteroatoms. The molecular formula is C12H15N5. The number of nitrogens with zero attached hydrogens (tertiary/aromatic N) is 5. The Kier molecular flexibility index (Phi) is 3.59. The molecule has 0 saturated carbocycles. The van der Waals surface area contributed by atoms with Crippen molar-refractivity contribution in [3.8, 4) is 11.1 Å². The summed E-state index contributed by atoms with van der Waals surface area (Å²) in [6.07, 6.45) is 8.62. The second kappa shape index (κ2) is 5.34. The first-order valence-corrected chi connectivity index (χ1v) is 5.67. The quantitative estimate of drug-likeness (QED) is 0.799. The van der Waals surface area contributed by atoms with E-state index in [2.05, 4.69) is 38.7 Å². The molecule has 0 saturated heterocycles. The summed E-state index contributed by atoms with van der Waals surface area (Å²) in [6, 6.07) is 0. The summed E-state index contributed by atoms with van der Waals surface area (Å²) >= 11 is 0. The van der Waals surface area contributed by atoms with E-state index >= 15 is 0 Å². The maximum Gasteiger partial charge on any atom is 0.225 e. The van der Waals surface area contributed by atoms with Crippen molar-refractivity contribution in [2.75, 3.05) is 18.0 Å². The molecule has 0 bridgehead atoms. The molecule has 2 aromatic heterocycles. The first-order valence-electron chi connectivity index (χ1n) is 5.67. The van der Waals surface area contributed by atoms with Gasteiger partial charge >= 0.3 is 0 Å². The van der Waals surface area contributed by atoms with Gasteiger partial charge in [0.1, 0.15) is 6.33 Å². The van der Waals surface area contributed by atoms with Crippen LogP contribution in [0.4, 0.5) is 5.95 Å². The van der Waals surface area contributed by atoms with Crippen LogP contribution in [0, 0.1) is 0 Å². The van der Waals surface area contributed by atoms with Crippen molar-refractivity contribution < 1.29 is 0 Å². The van der Waals surface area contributed by atoms with E-state index in [4.69, 9.17) is 0 Å². The van der Waals surface area contributed by atoms with E-state index in [-0.39, 0.29) is 0 Å². The summed E-state index contributed by atoms with van der Waals surface area (Å²) in [5, 5.41) is 0. The minimum absolute atomic E-state index is 0.760. The van der Waals surface area contributed by atoms with Gasteiger partial charge in [0.15, 0.2) is 0 Å². The summed E-state index contributed by atoms with van der Waals surface area (Å²) in [5.74, 6) is 0.760. The highest BCUT2D eigenvalue weighted by Gasteiger charge is 2.05. The molecule has 0 fully saturated rings. The van der Waals surface area contributed by atoms with Crippen molar-refractivity contribution >= 4 is 5.95 Å². The minimum Gasteiger partial charge on any atom is -0.341 e. The van der Waals surface area contributed by atoms with Crippen molar-refractivity contribution in [1.29, 1.82) is 0 Å². The Morgan fingerprint density at radius 1 is 0.882 bits per heavy atom. The molecular weight excluding hydrogens is 214 g/mol. The molecule has 2 rings (SSSR count). The predicted octanol–water partition coefficient (Wildman–Crippen LogP) is 1.78. The van der Waals surface area contributed by atoms with Crippen LogP contribution in [0.25, 0.3) is 11.1 Å². The van der Waals surface area contributed by atoms with Gasteiger partial charge in [-0.25, -0.2) is 19.9 Å². The first kappa shape index (κ1) is 11.4. The van der Waals surface area contributed by atoms with Gasteiger partial charge in [-0.3, -0.25) is 0 Å². The Morgan fingerprint density at radius 3 is 1.94 bits per heavy atom. The van der Waals surface area contributed by atoms with E-state index in [0.717, 1.165) is 30.2 Å². The zero-order valence-electron chi connectivity index (χ0n) is 10.0. The van der Waals surface area contributed by atoms with Crippen LogP contribution in [0.1, 0.15) is 13.8 Å². The van der Waals surface area contributed by atoms with E-state index in [1.54, 1.807) is 24.8 Å². The van der Waals surface area contributed by atoms with Gasteiger partial charge < -0.3 is 4.90 Å². The number of anilines is 1. The van der Waals surface area contributed by atoms with Crippen molar-refractivity contribution in [2.24, 2.45) is 0 Å². The molecule has 5 nitrogen and oxygen atoms in total. The van der Waals surface area contributed by atoms with Crippen LogP contribution in [0.5, 0.6) is 0 Å². The minimum atomic E-state index is 0.760. The van der Waals surface area contributed by atoms with Crippen molar-refractivity contribution in [3.05, 3.63) is 31.1 Å². The number of hydrogen-bond donors (Lipinski definition) is 0. The molecule has 0 aliphatic rings. The lowest BCUT2D eigenvalue weighted by atomic mass is 10.2. The van der Waals surface area contributed by atoms with Crippen molar-refractivity contribution in [3.63, 3.8) is 0 Å². The van der Waals surface area contributed by atoms with Crippen LogP contribution in [0.3, 0.4) is 0 Å². The average molecular weight is 229 g/mol. The van der Waals surface area contributed by atoms with Gasteiger partial charge in [-0.15, -0.1) is 0 Å². The van der Waals surface area contributed by atoms with Gasteiger partial charge in [-0.1, -0.05) is 0 Å². The van der Waals surface area contributed by atoms with Crippen LogP contribution < -0.4 is 4.90 Å². The van der Waals surface area contributed by atoms with Gasteiger partial charge in [-0.05, 0) is 13.8 Å². The number of rotatable bonds is 4. The molecule has 0 amide bonds. The fourth-order valence-electron chi connectivity index (χ4n) is 1.59. The number of hydrogen-bond acceptors (Lipinski definition) is 5. The summed E-state index contributed by atoms with van der Waals surface area (Å²) < 4.78 is 0. The standard InChI is InChI=1S/C12H15N5/c1-3-17(4-2)12-15-7-11(8-16-12)10-5-13-9-14-6-10/h5-9H,3-4H2,1-2H3. The third-order valence-electron chi connectivity index (χ3n) is 2.58. The number of aromatic nitrogens is 4. The molecule has 0 radical (unpaired) electrons. The lowest BCUT2D eigenvalue weighted by molar-refractivity contribution is 0.821. The highest BCUT2D eigenvalue weighted by Crippen LogP contribution is 2.16. The Hall–Kier alpha value is -2.04.